The number of aryl methyl sites for hydroxylation is 1. The maximum atomic E-state index is 11.8. The Hall–Kier alpha value is -0.700. The van der Waals surface area contributed by atoms with Gasteiger partial charge in [-0.3, -0.25) is 0 Å². The van der Waals surface area contributed by atoms with E-state index in [1.807, 2.05) is 12.1 Å². The molecule has 2 aromatic rings. The van der Waals surface area contributed by atoms with Crippen LogP contribution in [0.4, 0.5) is 0 Å². The SMILES string of the molecule is Cn1cnc(S(=O)(=O)NCc2ccc(Br)s2)c1. The summed E-state index contributed by atoms with van der Waals surface area (Å²) in [6, 6.07) is 3.75. The van der Waals surface area contributed by atoms with Gasteiger partial charge in [-0.2, -0.15) is 0 Å². The standard InChI is InChI=1S/C9H10BrN3O2S2/c1-13-5-9(11-6-13)17(14,15)12-4-7-2-3-8(10)16-7/h2-3,5-6,12H,4H2,1H3. The molecule has 0 unspecified atom stereocenters. The Balaban J connectivity index is 2.08. The largest absolute Gasteiger partial charge is 0.339 e. The summed E-state index contributed by atoms with van der Waals surface area (Å²) in [6.45, 7) is 0.273. The summed E-state index contributed by atoms with van der Waals surface area (Å²) < 4.78 is 28.7. The molecule has 0 amide bonds. The fraction of sp³-hybridized carbons (Fsp3) is 0.222. The highest BCUT2D eigenvalue weighted by atomic mass is 79.9. The minimum Gasteiger partial charge on any atom is -0.339 e. The van der Waals surface area contributed by atoms with Crippen LogP contribution in [0, 0.1) is 0 Å². The van der Waals surface area contributed by atoms with Gasteiger partial charge < -0.3 is 4.57 Å². The van der Waals surface area contributed by atoms with Crippen LogP contribution in [0.3, 0.4) is 0 Å². The van der Waals surface area contributed by atoms with Crippen molar-refractivity contribution in [1.29, 1.82) is 0 Å². The average Bonchev–Trinajstić information content (AvgIpc) is 2.85. The van der Waals surface area contributed by atoms with E-state index in [-0.39, 0.29) is 11.6 Å². The molecule has 0 spiro atoms. The van der Waals surface area contributed by atoms with Gasteiger partial charge in [0.05, 0.1) is 10.1 Å². The molecule has 0 radical (unpaired) electrons. The number of hydrogen-bond donors (Lipinski definition) is 1. The number of hydrogen-bond acceptors (Lipinski definition) is 4. The molecule has 0 fully saturated rings. The van der Waals surface area contributed by atoms with Crippen molar-refractivity contribution < 1.29 is 8.42 Å². The van der Waals surface area contributed by atoms with Crippen LogP contribution in [0.1, 0.15) is 4.88 Å². The van der Waals surface area contributed by atoms with E-state index in [0.717, 1.165) is 8.66 Å². The quantitative estimate of drug-likeness (QED) is 0.925. The van der Waals surface area contributed by atoms with Gasteiger partial charge in [0.15, 0.2) is 5.03 Å². The van der Waals surface area contributed by atoms with Gasteiger partial charge in [-0.25, -0.2) is 18.1 Å². The second-order valence-corrected chi connectivity index (χ2v) is 7.67. The van der Waals surface area contributed by atoms with Crippen LogP contribution in [-0.2, 0) is 23.6 Å². The van der Waals surface area contributed by atoms with Crippen molar-refractivity contribution in [2.45, 2.75) is 11.6 Å². The number of thiophene rings is 1. The van der Waals surface area contributed by atoms with Crippen molar-refractivity contribution in [3.8, 4) is 0 Å². The predicted molar refractivity (Wildman–Crippen MR) is 69.3 cm³/mol. The Labute approximate surface area is 112 Å². The van der Waals surface area contributed by atoms with Crippen LogP contribution in [0.25, 0.3) is 0 Å². The van der Waals surface area contributed by atoms with Gasteiger partial charge in [0, 0.05) is 24.7 Å². The monoisotopic (exact) mass is 335 g/mol. The molecule has 1 N–H and O–H groups in total. The molecule has 0 saturated carbocycles. The van der Waals surface area contributed by atoms with E-state index in [9.17, 15) is 8.42 Å². The summed E-state index contributed by atoms with van der Waals surface area (Å²) in [6.07, 6.45) is 2.92. The molecule has 0 aliphatic heterocycles. The molecule has 17 heavy (non-hydrogen) atoms. The summed E-state index contributed by atoms with van der Waals surface area (Å²) in [7, 11) is -1.79. The fourth-order valence-electron chi connectivity index (χ4n) is 1.21. The lowest BCUT2D eigenvalue weighted by Gasteiger charge is -2.01. The van der Waals surface area contributed by atoms with Gasteiger partial charge in [0.2, 0.25) is 0 Å². The molecule has 0 aromatic carbocycles. The molecule has 92 valence electrons. The third kappa shape index (κ3) is 3.15. The number of rotatable bonds is 4. The number of nitrogens with one attached hydrogen (secondary N) is 1. The van der Waals surface area contributed by atoms with Crippen LogP contribution in [0.2, 0.25) is 0 Å². The molecule has 2 heterocycles. The molecule has 0 saturated heterocycles. The van der Waals surface area contributed by atoms with Crippen molar-refractivity contribution in [2.75, 3.05) is 0 Å². The number of aromatic nitrogens is 2. The summed E-state index contributed by atoms with van der Waals surface area (Å²) in [5.41, 5.74) is 0. The lowest BCUT2D eigenvalue weighted by atomic mass is 10.5. The third-order valence-electron chi connectivity index (χ3n) is 2.02. The Kier molecular flexibility index (Phi) is 3.67. The molecule has 5 nitrogen and oxygen atoms in total. The van der Waals surface area contributed by atoms with E-state index >= 15 is 0 Å². The first-order valence-corrected chi connectivity index (χ1v) is 7.78. The molecule has 2 rings (SSSR count). The highest BCUT2D eigenvalue weighted by Crippen LogP contribution is 2.22. The second kappa shape index (κ2) is 4.89. The van der Waals surface area contributed by atoms with Crippen LogP contribution in [-0.4, -0.2) is 18.0 Å². The van der Waals surface area contributed by atoms with Crippen molar-refractivity contribution >= 4 is 37.3 Å². The number of halogens is 1. The van der Waals surface area contributed by atoms with Crippen LogP contribution in [0.15, 0.2) is 33.5 Å². The highest BCUT2D eigenvalue weighted by molar-refractivity contribution is 9.11. The van der Waals surface area contributed by atoms with Crippen molar-refractivity contribution in [1.82, 2.24) is 14.3 Å². The summed E-state index contributed by atoms with van der Waals surface area (Å²) >= 11 is 4.82. The van der Waals surface area contributed by atoms with Crippen LogP contribution < -0.4 is 4.72 Å². The lowest BCUT2D eigenvalue weighted by molar-refractivity contribution is 0.578. The van der Waals surface area contributed by atoms with E-state index in [4.69, 9.17) is 0 Å². The molecule has 2 aromatic heterocycles. The maximum Gasteiger partial charge on any atom is 0.259 e. The Morgan fingerprint density at radius 2 is 2.29 bits per heavy atom. The van der Waals surface area contributed by atoms with Gasteiger partial charge in [-0.05, 0) is 28.1 Å². The first-order valence-electron chi connectivity index (χ1n) is 4.69. The number of nitrogens with zero attached hydrogens (tertiary/aromatic N) is 2. The summed E-state index contributed by atoms with van der Waals surface area (Å²) in [5, 5.41) is 0.0376. The normalized spacial score (nSPS) is 11.9. The van der Waals surface area contributed by atoms with E-state index in [0.29, 0.717) is 0 Å². The van der Waals surface area contributed by atoms with Gasteiger partial charge in [0.25, 0.3) is 10.0 Å². The van der Waals surface area contributed by atoms with E-state index < -0.39 is 10.0 Å². The Morgan fingerprint density at radius 1 is 1.53 bits per heavy atom. The summed E-state index contributed by atoms with van der Waals surface area (Å²) in [5.74, 6) is 0. The number of imidazole rings is 1. The van der Waals surface area contributed by atoms with Gasteiger partial charge in [0.1, 0.15) is 0 Å². The van der Waals surface area contributed by atoms with Crippen LogP contribution >= 0.6 is 27.3 Å². The zero-order valence-corrected chi connectivity index (χ0v) is 12.1. The fourth-order valence-corrected chi connectivity index (χ4v) is 3.71. The van der Waals surface area contributed by atoms with Gasteiger partial charge in [-0.15, -0.1) is 11.3 Å². The van der Waals surface area contributed by atoms with E-state index in [1.165, 1.54) is 23.9 Å². The molecule has 0 aliphatic carbocycles. The molecular weight excluding hydrogens is 326 g/mol. The summed E-state index contributed by atoms with van der Waals surface area (Å²) in [4.78, 5) is 4.75. The van der Waals surface area contributed by atoms with Crippen molar-refractivity contribution in [3.05, 3.63) is 33.3 Å². The second-order valence-electron chi connectivity index (χ2n) is 3.41. The van der Waals surface area contributed by atoms with Crippen LogP contribution in [0.5, 0.6) is 0 Å². The van der Waals surface area contributed by atoms with Gasteiger partial charge >= 0.3 is 0 Å². The molecule has 0 atom stereocenters. The Bertz CT molecular complexity index is 618. The van der Waals surface area contributed by atoms with Crippen molar-refractivity contribution in [2.24, 2.45) is 7.05 Å². The maximum absolute atomic E-state index is 11.8. The lowest BCUT2D eigenvalue weighted by Crippen LogP contribution is -2.23. The highest BCUT2D eigenvalue weighted by Gasteiger charge is 2.16. The minimum atomic E-state index is -3.52. The zero-order valence-electron chi connectivity index (χ0n) is 8.92. The predicted octanol–water partition coefficient (Wildman–Crippen LogP) is 1.72. The molecule has 0 aliphatic rings. The molecule has 8 heteroatoms. The topological polar surface area (TPSA) is 64.0 Å². The van der Waals surface area contributed by atoms with E-state index in [2.05, 4.69) is 25.6 Å². The van der Waals surface area contributed by atoms with Gasteiger partial charge in [-0.1, -0.05) is 0 Å². The smallest absolute Gasteiger partial charge is 0.259 e. The van der Waals surface area contributed by atoms with Crippen molar-refractivity contribution in [3.63, 3.8) is 0 Å². The molecule has 0 bridgehead atoms. The molecular formula is C9H10BrN3O2S2. The third-order valence-corrected chi connectivity index (χ3v) is 4.93. The first-order chi connectivity index (χ1) is 7.97. The average molecular weight is 336 g/mol. The first kappa shape index (κ1) is 12.7. The van der Waals surface area contributed by atoms with E-state index in [1.54, 1.807) is 11.6 Å². The Morgan fingerprint density at radius 3 is 2.82 bits per heavy atom. The minimum absolute atomic E-state index is 0.0376. The number of sulfonamides is 1. The zero-order chi connectivity index (χ0) is 12.5.